The van der Waals surface area contributed by atoms with Gasteiger partial charge in [-0.05, 0) is 10.6 Å². The molecule has 0 aliphatic carbocycles. The van der Waals surface area contributed by atoms with Crippen LogP contribution in [0.3, 0.4) is 0 Å². The van der Waals surface area contributed by atoms with Crippen LogP contribution in [-0.2, 0) is 21.3 Å². The molecule has 0 fully saturated rings. The van der Waals surface area contributed by atoms with Crippen LogP contribution in [-0.4, -0.2) is 23.9 Å². The van der Waals surface area contributed by atoms with E-state index in [1.165, 1.54) is 17.7 Å². The van der Waals surface area contributed by atoms with Gasteiger partial charge in [-0.25, -0.2) is 0 Å². The number of benzene rings is 2. The van der Waals surface area contributed by atoms with E-state index >= 15 is 0 Å². The zero-order chi connectivity index (χ0) is 15.8. The van der Waals surface area contributed by atoms with Crippen molar-refractivity contribution in [3.63, 3.8) is 0 Å². The summed E-state index contributed by atoms with van der Waals surface area (Å²) in [5, 5.41) is 1.25. The van der Waals surface area contributed by atoms with Crippen LogP contribution < -0.4 is 10.6 Å². The first-order chi connectivity index (χ1) is 10.7. The largest absolute Gasteiger partial charge is 0.468 e. The fourth-order valence-corrected chi connectivity index (χ4v) is 10.6. The average Bonchev–Trinajstić information content (AvgIpc) is 2.59. The van der Waals surface area contributed by atoms with Gasteiger partial charge in [0.25, 0.3) is 0 Å². The fraction of sp³-hybridized carbons (Fsp3) is 0.188. The van der Waals surface area contributed by atoms with Gasteiger partial charge in [0.15, 0.2) is 0 Å². The lowest BCUT2D eigenvalue weighted by molar-refractivity contribution is -0.137. The van der Waals surface area contributed by atoms with Crippen LogP contribution in [0.2, 0.25) is 0 Å². The van der Waals surface area contributed by atoms with E-state index in [1.807, 2.05) is 36.4 Å². The number of hydrogen-bond acceptors (Lipinski definition) is 5. The predicted molar refractivity (Wildman–Crippen MR) is 103 cm³/mol. The van der Waals surface area contributed by atoms with Gasteiger partial charge >= 0.3 is 5.97 Å². The first-order valence-corrected chi connectivity index (χ1v) is 12.2. The molecule has 0 N–H and O–H groups in total. The molecule has 0 aromatic heterocycles. The summed E-state index contributed by atoms with van der Waals surface area (Å²) in [7, 11) is 1.41. The summed E-state index contributed by atoms with van der Waals surface area (Å²) in [6.07, 6.45) is 0. The Hall–Kier alpha value is -0.740. The van der Waals surface area contributed by atoms with E-state index in [9.17, 15) is 4.79 Å². The monoisotopic (exact) mass is 368 g/mol. The zero-order valence-electron chi connectivity index (χ0n) is 12.2. The molecule has 0 atom stereocenters. The topological polar surface area (TPSA) is 26.3 Å². The molecule has 0 radical (unpaired) electrons. The molecule has 0 amide bonds. The second kappa shape index (κ2) is 8.78. The van der Waals surface area contributed by atoms with Crippen molar-refractivity contribution < 1.29 is 9.53 Å². The Kier molecular flexibility index (Phi) is 7.03. The van der Waals surface area contributed by atoms with Crippen molar-refractivity contribution in [2.24, 2.45) is 0 Å². The Morgan fingerprint density at radius 2 is 1.55 bits per heavy atom. The molecule has 116 valence electrons. The molecule has 0 saturated carbocycles. The lowest BCUT2D eigenvalue weighted by Gasteiger charge is -2.22. The third-order valence-electron chi connectivity index (χ3n) is 2.96. The smallest absolute Gasteiger partial charge is 0.315 e. The Morgan fingerprint density at radius 3 is 2.00 bits per heavy atom. The summed E-state index contributed by atoms with van der Waals surface area (Å²) in [6, 6.07) is 20.5. The molecule has 0 bridgehead atoms. The van der Waals surface area contributed by atoms with Crippen molar-refractivity contribution in [2.75, 3.05) is 17.9 Å². The zero-order valence-corrected chi connectivity index (χ0v) is 15.5. The Morgan fingerprint density at radius 1 is 1.05 bits per heavy atom. The molecule has 0 aliphatic rings. The highest BCUT2D eigenvalue weighted by molar-refractivity contribution is 8.76. The van der Waals surface area contributed by atoms with Gasteiger partial charge in [0, 0.05) is 5.08 Å². The van der Waals surface area contributed by atoms with Crippen molar-refractivity contribution in [2.45, 2.75) is 0 Å². The van der Waals surface area contributed by atoms with Gasteiger partial charge in [0.2, 0.25) is 0 Å². The summed E-state index contributed by atoms with van der Waals surface area (Å²) < 4.78 is 4.67. The minimum atomic E-state index is -1.92. The van der Waals surface area contributed by atoms with E-state index < -0.39 is 5.24 Å². The normalized spacial score (nSPS) is 11.1. The highest BCUT2D eigenvalue weighted by Gasteiger charge is 2.22. The molecule has 2 aromatic carbocycles. The lowest BCUT2D eigenvalue weighted by atomic mass is 10.4. The van der Waals surface area contributed by atoms with Crippen molar-refractivity contribution >= 4 is 56.8 Å². The number of esters is 1. The summed E-state index contributed by atoms with van der Waals surface area (Å²) in [6.45, 7) is 0. The molecule has 0 aliphatic heterocycles. The van der Waals surface area contributed by atoms with Crippen LogP contribution in [0.15, 0.2) is 60.7 Å². The Bertz CT molecular complexity index is 603. The number of thioether (sulfide) groups is 1. The third-order valence-corrected chi connectivity index (χ3v) is 12.3. The van der Waals surface area contributed by atoms with Gasteiger partial charge in [-0.15, -0.1) is 23.1 Å². The van der Waals surface area contributed by atoms with Gasteiger partial charge in [-0.3, -0.25) is 4.79 Å². The Balaban J connectivity index is 2.17. The van der Waals surface area contributed by atoms with E-state index in [-0.39, 0.29) is 5.97 Å². The van der Waals surface area contributed by atoms with Crippen LogP contribution in [0, 0.1) is 0 Å². The quantitative estimate of drug-likeness (QED) is 0.322. The second-order valence-corrected chi connectivity index (χ2v) is 13.2. The van der Waals surface area contributed by atoms with Crippen molar-refractivity contribution in [3.8, 4) is 0 Å². The summed E-state index contributed by atoms with van der Waals surface area (Å²) >= 11 is 9.40. The summed E-state index contributed by atoms with van der Waals surface area (Å²) in [5.41, 5.74) is 0. The fourth-order valence-electron chi connectivity index (χ4n) is 1.84. The molecule has 22 heavy (non-hydrogen) atoms. The minimum absolute atomic E-state index is 0.196. The minimum Gasteiger partial charge on any atom is -0.468 e. The van der Waals surface area contributed by atoms with E-state index in [4.69, 9.17) is 11.8 Å². The average molecular weight is 368 g/mol. The van der Waals surface area contributed by atoms with Crippen LogP contribution in [0.25, 0.3) is 0 Å². The van der Waals surface area contributed by atoms with E-state index in [1.54, 1.807) is 23.1 Å². The second-order valence-electron chi connectivity index (χ2n) is 4.39. The molecular formula is C16H17O2PS3. The summed E-state index contributed by atoms with van der Waals surface area (Å²) in [5.74, 6) is 0.168. The van der Waals surface area contributed by atoms with E-state index in [0.717, 1.165) is 5.08 Å². The molecule has 0 unspecified atom stereocenters. The number of carbonyl (C=O) groups excluding carboxylic acids is 1. The van der Waals surface area contributed by atoms with Gasteiger partial charge in [0.05, 0.1) is 18.1 Å². The molecule has 6 heteroatoms. The third kappa shape index (κ3) is 4.63. The van der Waals surface area contributed by atoms with E-state index in [2.05, 4.69) is 29.0 Å². The van der Waals surface area contributed by atoms with Crippen molar-refractivity contribution in [1.29, 1.82) is 0 Å². The number of methoxy groups -OCH3 is 1. The van der Waals surface area contributed by atoms with Crippen molar-refractivity contribution in [3.05, 3.63) is 60.7 Å². The van der Waals surface area contributed by atoms with Crippen LogP contribution in [0.4, 0.5) is 0 Å². The highest BCUT2D eigenvalue weighted by atomic mass is 32.9. The van der Waals surface area contributed by atoms with Crippen LogP contribution in [0.1, 0.15) is 0 Å². The first kappa shape index (κ1) is 17.6. The van der Waals surface area contributed by atoms with E-state index in [0.29, 0.717) is 5.75 Å². The van der Waals surface area contributed by atoms with Gasteiger partial charge in [-0.1, -0.05) is 72.5 Å². The van der Waals surface area contributed by atoms with Crippen LogP contribution >= 0.6 is 28.4 Å². The standard InChI is InChI=1S/C16H17O2PS3/c1-18-16(17)12-21-13-22-19(20,14-8-4-2-5-9-14)15-10-6-3-7-11-15/h2-11H,12-13H2,1H3. The maximum atomic E-state index is 11.2. The highest BCUT2D eigenvalue weighted by Crippen LogP contribution is 2.57. The van der Waals surface area contributed by atoms with Gasteiger partial charge < -0.3 is 4.74 Å². The molecular weight excluding hydrogens is 351 g/mol. The Labute approximate surface area is 144 Å². The maximum absolute atomic E-state index is 11.2. The van der Waals surface area contributed by atoms with Gasteiger partial charge in [0.1, 0.15) is 0 Å². The number of rotatable bonds is 7. The molecule has 2 rings (SSSR count). The molecule has 2 aromatic rings. The maximum Gasteiger partial charge on any atom is 0.315 e. The molecule has 2 nitrogen and oxygen atoms in total. The van der Waals surface area contributed by atoms with Gasteiger partial charge in [-0.2, -0.15) is 0 Å². The molecule has 0 spiro atoms. The number of carbonyl (C=O) groups is 1. The number of ether oxygens (including phenoxy) is 1. The predicted octanol–water partition coefficient (Wildman–Crippen LogP) is 3.63. The molecule has 0 saturated heterocycles. The SMILES string of the molecule is COC(=O)CSCSP(=S)(c1ccccc1)c1ccccc1. The van der Waals surface area contributed by atoms with Crippen LogP contribution in [0.5, 0.6) is 0 Å². The first-order valence-electron chi connectivity index (χ1n) is 6.67. The van der Waals surface area contributed by atoms with Crippen molar-refractivity contribution in [1.82, 2.24) is 0 Å². The molecule has 0 heterocycles. The number of hydrogen-bond donors (Lipinski definition) is 0. The summed E-state index contributed by atoms with van der Waals surface area (Å²) in [4.78, 5) is 11.2. The lowest BCUT2D eigenvalue weighted by Crippen LogP contribution is -2.13.